The largest absolute Gasteiger partial charge is 0.334 e. The van der Waals surface area contributed by atoms with Crippen molar-refractivity contribution in [3.63, 3.8) is 0 Å². The second kappa shape index (κ2) is 2.11. The van der Waals surface area contributed by atoms with Gasteiger partial charge in [-0.2, -0.15) is 5.26 Å². The molecule has 7 heavy (non-hydrogen) atoms. The molecule has 0 spiro atoms. The van der Waals surface area contributed by atoms with Crippen LogP contribution in [0, 0.1) is 11.1 Å². The average molecular weight is 119 g/mol. The van der Waals surface area contributed by atoms with Crippen LogP contribution in [0.15, 0.2) is 0 Å². The van der Waals surface area contributed by atoms with Crippen LogP contribution in [0.1, 0.15) is 6.92 Å². The molecule has 0 rings (SSSR count). The first-order chi connectivity index (χ1) is 3.12. The lowest BCUT2D eigenvalue weighted by atomic mass is 11.0. The van der Waals surface area contributed by atoms with Crippen molar-refractivity contribution in [3.05, 3.63) is 0 Å². The summed E-state index contributed by atoms with van der Waals surface area (Å²) in [5.74, 6) is 1.30. The van der Waals surface area contributed by atoms with Gasteiger partial charge in [-0.25, -0.2) is 0 Å². The van der Waals surface area contributed by atoms with Crippen molar-refractivity contribution in [2.45, 2.75) is 6.92 Å². The van der Waals surface area contributed by atoms with Crippen molar-refractivity contribution in [3.8, 4) is 5.81 Å². The van der Waals surface area contributed by atoms with E-state index >= 15 is 0 Å². The monoisotopic (exact) mass is 119 g/mol. The summed E-state index contributed by atoms with van der Waals surface area (Å²) in [6, 6.07) is 0. The van der Waals surface area contributed by atoms with Crippen LogP contribution in [0.3, 0.4) is 0 Å². The predicted octanol–water partition coefficient (Wildman–Crippen LogP) is 0.758. The maximum absolute atomic E-state index is 10.1. The van der Waals surface area contributed by atoms with Gasteiger partial charge < -0.3 is 4.89 Å². The molecule has 0 heterocycles. The van der Waals surface area contributed by atoms with E-state index in [4.69, 9.17) is 10.2 Å². The smallest absolute Gasteiger partial charge is 0.296 e. The summed E-state index contributed by atoms with van der Waals surface area (Å²) in [6.07, 6.45) is 0.0451. The van der Waals surface area contributed by atoms with Crippen LogP contribution in [0.5, 0.6) is 0 Å². The molecule has 0 bridgehead atoms. The van der Waals surface area contributed by atoms with Gasteiger partial charge in [0.15, 0.2) is 5.81 Å². The molecule has 0 aliphatic heterocycles. The third-order valence-electron chi connectivity index (χ3n) is 0.585. The van der Waals surface area contributed by atoms with E-state index in [1.807, 2.05) is 0 Å². The number of nitriles is 1. The van der Waals surface area contributed by atoms with E-state index < -0.39 is 7.37 Å². The molecule has 0 aliphatic carbocycles. The first kappa shape index (κ1) is 6.68. The molecule has 0 saturated carbocycles. The zero-order valence-corrected chi connectivity index (χ0v) is 4.85. The van der Waals surface area contributed by atoms with Crippen LogP contribution in [0.2, 0.25) is 0 Å². The van der Waals surface area contributed by atoms with E-state index in [2.05, 4.69) is 0 Å². The van der Waals surface area contributed by atoms with E-state index in [1.165, 1.54) is 12.7 Å². The molecule has 4 heteroatoms. The standard InChI is InChI=1S/C3H6NO2P/c1-2-7(5,6)3-4/h2H2,1H3,(H,5,6). The molecule has 0 aromatic carbocycles. The summed E-state index contributed by atoms with van der Waals surface area (Å²) in [7, 11) is -3.35. The predicted molar refractivity (Wildman–Crippen MR) is 26.0 cm³/mol. The summed E-state index contributed by atoms with van der Waals surface area (Å²) in [6.45, 7) is 1.50. The zero-order chi connectivity index (χ0) is 5.91. The summed E-state index contributed by atoms with van der Waals surface area (Å²) in [5.41, 5.74) is 0. The molecule has 0 aromatic heterocycles. The lowest BCUT2D eigenvalue weighted by molar-refractivity contribution is 0.491. The Balaban J connectivity index is 3.94. The lowest BCUT2D eigenvalue weighted by Crippen LogP contribution is -1.75. The second-order valence-electron chi connectivity index (χ2n) is 1.12. The Morgan fingerprint density at radius 3 is 2.43 bits per heavy atom. The molecule has 3 nitrogen and oxygen atoms in total. The average Bonchev–Trinajstić information content (AvgIpc) is 1.68. The van der Waals surface area contributed by atoms with Gasteiger partial charge in [-0.15, -0.1) is 0 Å². The third-order valence-corrected chi connectivity index (χ3v) is 1.75. The SMILES string of the molecule is CCP(=O)(O)C#N. The molecule has 40 valence electrons. The Hall–Kier alpha value is -0.320. The first-order valence-corrected chi connectivity index (χ1v) is 3.70. The Labute approximate surface area is 42.0 Å². The molecular weight excluding hydrogens is 113 g/mol. The van der Waals surface area contributed by atoms with Gasteiger partial charge >= 0.3 is 0 Å². The minimum Gasteiger partial charge on any atom is -0.334 e. The maximum Gasteiger partial charge on any atom is 0.296 e. The third kappa shape index (κ3) is 2.38. The van der Waals surface area contributed by atoms with Gasteiger partial charge in [0.05, 0.1) is 0 Å². The highest BCUT2D eigenvalue weighted by Crippen LogP contribution is 2.36. The fourth-order valence-corrected chi connectivity index (χ4v) is 0.212. The minimum absolute atomic E-state index is 0.0451. The molecular formula is C3H6NO2P. The van der Waals surface area contributed by atoms with Crippen LogP contribution < -0.4 is 0 Å². The number of nitrogens with zero attached hydrogens (tertiary/aromatic N) is 1. The lowest BCUT2D eigenvalue weighted by Gasteiger charge is -1.90. The summed E-state index contributed by atoms with van der Waals surface area (Å²) in [5, 5.41) is 7.83. The highest BCUT2D eigenvalue weighted by atomic mass is 31.2. The molecule has 0 amide bonds. The fourth-order valence-electron chi connectivity index (χ4n) is 0.0707. The van der Waals surface area contributed by atoms with Gasteiger partial charge in [0, 0.05) is 6.16 Å². The molecule has 1 atom stereocenters. The Morgan fingerprint density at radius 1 is 2.00 bits per heavy atom. The van der Waals surface area contributed by atoms with Gasteiger partial charge in [-0.05, 0) is 0 Å². The van der Waals surface area contributed by atoms with Crippen molar-refractivity contribution in [1.29, 1.82) is 5.26 Å². The van der Waals surface area contributed by atoms with Crippen LogP contribution in [0.4, 0.5) is 0 Å². The molecule has 0 fully saturated rings. The van der Waals surface area contributed by atoms with Gasteiger partial charge in [0.25, 0.3) is 7.37 Å². The zero-order valence-electron chi connectivity index (χ0n) is 3.96. The van der Waals surface area contributed by atoms with Crippen LogP contribution in [-0.4, -0.2) is 11.1 Å². The topological polar surface area (TPSA) is 61.1 Å². The molecule has 0 saturated heterocycles. The Kier molecular flexibility index (Phi) is 2.01. The van der Waals surface area contributed by atoms with E-state index in [9.17, 15) is 4.57 Å². The van der Waals surface area contributed by atoms with Gasteiger partial charge in [0.2, 0.25) is 0 Å². The highest BCUT2D eigenvalue weighted by molar-refractivity contribution is 7.63. The molecule has 1 unspecified atom stereocenters. The Bertz CT molecular complexity index is 136. The van der Waals surface area contributed by atoms with Gasteiger partial charge in [0.1, 0.15) is 0 Å². The van der Waals surface area contributed by atoms with Crippen LogP contribution >= 0.6 is 7.37 Å². The molecule has 0 radical (unpaired) electrons. The van der Waals surface area contributed by atoms with Crippen molar-refractivity contribution in [1.82, 2.24) is 0 Å². The Morgan fingerprint density at radius 2 is 2.43 bits per heavy atom. The van der Waals surface area contributed by atoms with Crippen molar-refractivity contribution in [2.75, 3.05) is 6.16 Å². The normalized spacial score (nSPS) is 17.3. The molecule has 1 N–H and O–H groups in total. The fraction of sp³-hybridized carbons (Fsp3) is 0.667. The first-order valence-electron chi connectivity index (χ1n) is 1.85. The molecule has 0 aliphatic rings. The van der Waals surface area contributed by atoms with Crippen molar-refractivity contribution < 1.29 is 9.46 Å². The minimum atomic E-state index is -3.35. The summed E-state index contributed by atoms with van der Waals surface area (Å²) >= 11 is 0. The van der Waals surface area contributed by atoms with Gasteiger partial charge in [-0.1, -0.05) is 6.92 Å². The maximum atomic E-state index is 10.1. The van der Waals surface area contributed by atoms with E-state index in [0.29, 0.717) is 0 Å². The van der Waals surface area contributed by atoms with E-state index in [-0.39, 0.29) is 6.16 Å². The quantitative estimate of drug-likeness (QED) is 0.518. The van der Waals surface area contributed by atoms with E-state index in [1.54, 1.807) is 0 Å². The summed E-state index contributed by atoms with van der Waals surface area (Å²) in [4.78, 5) is 8.33. The number of rotatable bonds is 1. The number of hydrogen-bond donors (Lipinski definition) is 1. The van der Waals surface area contributed by atoms with Gasteiger partial charge in [-0.3, -0.25) is 4.57 Å². The van der Waals surface area contributed by atoms with E-state index in [0.717, 1.165) is 0 Å². The van der Waals surface area contributed by atoms with Crippen LogP contribution in [-0.2, 0) is 4.57 Å². The van der Waals surface area contributed by atoms with Crippen molar-refractivity contribution in [2.24, 2.45) is 0 Å². The second-order valence-corrected chi connectivity index (χ2v) is 3.35. The summed E-state index contributed by atoms with van der Waals surface area (Å²) < 4.78 is 10.1. The van der Waals surface area contributed by atoms with Crippen molar-refractivity contribution >= 4 is 7.37 Å². The molecule has 0 aromatic rings. The van der Waals surface area contributed by atoms with Crippen LogP contribution in [0.25, 0.3) is 0 Å². The number of hydrogen-bond acceptors (Lipinski definition) is 2. The highest BCUT2D eigenvalue weighted by Gasteiger charge is 2.10.